The van der Waals surface area contributed by atoms with Crippen molar-refractivity contribution in [1.29, 1.82) is 0 Å². The van der Waals surface area contributed by atoms with Crippen LogP contribution in [0.3, 0.4) is 0 Å². The first-order chi connectivity index (χ1) is 19.3. The van der Waals surface area contributed by atoms with E-state index in [0.29, 0.717) is 19.8 Å². The molecule has 214 valence electrons. The van der Waals surface area contributed by atoms with Gasteiger partial charge in [0.15, 0.2) is 6.29 Å². The zero-order valence-electron chi connectivity index (χ0n) is 23.1. The maximum absolute atomic E-state index is 11.8. The summed E-state index contributed by atoms with van der Waals surface area (Å²) < 4.78 is 37.7. The molecule has 0 saturated carbocycles. The number of benzene rings is 3. The summed E-state index contributed by atoms with van der Waals surface area (Å²) in [5, 5.41) is 0. The molecular formula is C31H37O7PS. The molecule has 7 nitrogen and oxygen atoms in total. The topological polar surface area (TPSA) is 72.5 Å². The van der Waals surface area contributed by atoms with Crippen LogP contribution in [0.2, 0.25) is 0 Å². The molecule has 1 heterocycles. The standard InChI is InChI=1S/C31H37O7PS/c1-23(32)33-22-27-28(34-19-24-13-7-4-8-14-24)29(35-20-25-15-9-5-10-16-25)30(31(37-27)38-39(2,3)40)36-21-26-17-11-6-12-18-26/h4-18,27-31H,19-22H2,1-3H3/t27-,28-,29+,30+,31?/m1/s1. The van der Waals surface area contributed by atoms with Crippen molar-refractivity contribution < 1.29 is 33.0 Å². The van der Waals surface area contributed by atoms with Crippen molar-refractivity contribution in [3.63, 3.8) is 0 Å². The minimum absolute atomic E-state index is 0.0262. The van der Waals surface area contributed by atoms with E-state index >= 15 is 0 Å². The Kier molecular flexibility index (Phi) is 11.4. The molecule has 0 aliphatic carbocycles. The van der Waals surface area contributed by atoms with Gasteiger partial charge in [0.1, 0.15) is 31.0 Å². The molecule has 1 aliphatic rings. The van der Waals surface area contributed by atoms with Gasteiger partial charge in [0.05, 0.1) is 26.1 Å². The molecule has 1 unspecified atom stereocenters. The highest BCUT2D eigenvalue weighted by Crippen LogP contribution is 2.43. The molecule has 0 aromatic heterocycles. The minimum Gasteiger partial charge on any atom is -0.463 e. The summed E-state index contributed by atoms with van der Waals surface area (Å²) in [4.78, 5) is 11.8. The highest BCUT2D eigenvalue weighted by molar-refractivity contribution is 8.11. The van der Waals surface area contributed by atoms with Gasteiger partial charge in [0, 0.05) is 6.92 Å². The number of carbonyl (C=O) groups excluding carboxylic acids is 1. The Morgan fingerprint density at radius 3 is 1.57 bits per heavy atom. The van der Waals surface area contributed by atoms with Gasteiger partial charge in [-0.1, -0.05) is 103 Å². The first kappa shape index (κ1) is 30.5. The smallest absolute Gasteiger partial charge is 0.302 e. The van der Waals surface area contributed by atoms with E-state index in [0.717, 1.165) is 16.7 Å². The van der Waals surface area contributed by atoms with Crippen LogP contribution in [0, 0.1) is 0 Å². The fourth-order valence-electron chi connectivity index (χ4n) is 4.41. The summed E-state index contributed by atoms with van der Waals surface area (Å²) in [6, 6.07) is 29.6. The number of carbonyl (C=O) groups is 1. The predicted octanol–water partition coefficient (Wildman–Crippen LogP) is 5.70. The number of hydrogen-bond acceptors (Lipinski definition) is 8. The summed E-state index contributed by atoms with van der Waals surface area (Å²) in [6.07, 6.45) is -5.62. The summed E-state index contributed by atoms with van der Waals surface area (Å²) in [5.74, 6) is -0.414. The highest BCUT2D eigenvalue weighted by atomic mass is 32.4. The summed E-state index contributed by atoms with van der Waals surface area (Å²) >= 11 is 5.66. The van der Waals surface area contributed by atoms with Crippen LogP contribution in [-0.2, 0) is 64.6 Å². The fraction of sp³-hybridized carbons (Fsp3) is 0.387. The first-order valence-electron chi connectivity index (χ1n) is 13.3. The van der Waals surface area contributed by atoms with Crippen LogP contribution in [0.5, 0.6) is 0 Å². The van der Waals surface area contributed by atoms with Crippen molar-refractivity contribution >= 4 is 24.0 Å². The SMILES string of the molecule is CC(=O)OC[C@H]1OC(OP(C)(C)=S)[C@@H](OCc2ccccc2)[C@@H](OCc2ccccc2)[C@@H]1OCc1ccccc1. The van der Waals surface area contributed by atoms with E-state index in [1.165, 1.54) is 6.92 Å². The average molecular weight is 585 g/mol. The third-order valence-electron chi connectivity index (χ3n) is 6.26. The summed E-state index contributed by atoms with van der Waals surface area (Å²) in [6.45, 7) is 6.06. The van der Waals surface area contributed by atoms with Crippen molar-refractivity contribution in [3.8, 4) is 0 Å². The molecule has 3 aromatic rings. The molecule has 0 N–H and O–H groups in total. The molecule has 40 heavy (non-hydrogen) atoms. The molecule has 5 atom stereocenters. The van der Waals surface area contributed by atoms with Crippen LogP contribution < -0.4 is 0 Å². The summed E-state index contributed by atoms with van der Waals surface area (Å²) in [5.41, 5.74) is 3.00. The van der Waals surface area contributed by atoms with Crippen molar-refractivity contribution in [1.82, 2.24) is 0 Å². The number of esters is 1. The molecule has 0 bridgehead atoms. The van der Waals surface area contributed by atoms with E-state index in [9.17, 15) is 4.79 Å². The van der Waals surface area contributed by atoms with Gasteiger partial charge in [0.2, 0.25) is 0 Å². The lowest BCUT2D eigenvalue weighted by atomic mass is 9.98. The quantitative estimate of drug-likeness (QED) is 0.187. The normalized spacial score (nSPS) is 23.0. The highest BCUT2D eigenvalue weighted by Gasteiger charge is 2.50. The van der Waals surface area contributed by atoms with E-state index in [1.54, 1.807) is 0 Å². The monoisotopic (exact) mass is 584 g/mol. The minimum atomic E-state index is -2.19. The second kappa shape index (κ2) is 15.0. The van der Waals surface area contributed by atoms with Crippen molar-refractivity contribution in [2.75, 3.05) is 19.9 Å². The van der Waals surface area contributed by atoms with Gasteiger partial charge in [0.25, 0.3) is 0 Å². The number of hydrogen-bond donors (Lipinski definition) is 0. The maximum atomic E-state index is 11.8. The summed E-state index contributed by atoms with van der Waals surface area (Å²) in [7, 11) is 0. The third kappa shape index (κ3) is 9.60. The Labute approximate surface area is 241 Å². The zero-order valence-corrected chi connectivity index (χ0v) is 24.8. The van der Waals surface area contributed by atoms with E-state index < -0.39 is 42.9 Å². The van der Waals surface area contributed by atoms with Crippen LogP contribution in [0.25, 0.3) is 0 Å². The number of rotatable bonds is 13. The van der Waals surface area contributed by atoms with E-state index in [1.807, 2.05) is 104 Å². The lowest BCUT2D eigenvalue weighted by molar-refractivity contribution is -0.307. The van der Waals surface area contributed by atoms with Crippen LogP contribution in [-0.4, -0.2) is 56.6 Å². The molecular weight excluding hydrogens is 547 g/mol. The predicted molar refractivity (Wildman–Crippen MR) is 158 cm³/mol. The second-order valence-electron chi connectivity index (χ2n) is 9.99. The average Bonchev–Trinajstić information content (AvgIpc) is 2.94. The molecule has 3 aromatic carbocycles. The van der Waals surface area contributed by atoms with Crippen LogP contribution >= 0.6 is 6.26 Å². The van der Waals surface area contributed by atoms with Gasteiger partial charge in [-0.05, 0) is 30.0 Å². The molecule has 4 rings (SSSR count). The number of ether oxygens (including phenoxy) is 5. The van der Waals surface area contributed by atoms with Gasteiger partial charge in [-0.2, -0.15) is 0 Å². The van der Waals surface area contributed by atoms with Gasteiger partial charge in [-0.25, -0.2) is 0 Å². The molecule has 0 radical (unpaired) electrons. The van der Waals surface area contributed by atoms with Crippen LogP contribution in [0.1, 0.15) is 23.6 Å². The first-order valence-corrected chi connectivity index (χ1v) is 16.9. The Morgan fingerprint density at radius 1 is 0.725 bits per heavy atom. The van der Waals surface area contributed by atoms with Gasteiger partial charge in [-0.15, -0.1) is 0 Å². The molecule has 9 heteroatoms. The fourth-order valence-corrected chi connectivity index (χ4v) is 5.34. The third-order valence-corrected chi connectivity index (χ3v) is 7.23. The Hall–Kier alpha value is -2.42. The maximum Gasteiger partial charge on any atom is 0.302 e. The van der Waals surface area contributed by atoms with E-state index in [4.69, 9.17) is 40.0 Å². The van der Waals surface area contributed by atoms with E-state index in [2.05, 4.69) is 0 Å². The molecule has 0 amide bonds. The van der Waals surface area contributed by atoms with Crippen molar-refractivity contribution in [3.05, 3.63) is 108 Å². The molecule has 1 fully saturated rings. The van der Waals surface area contributed by atoms with Crippen LogP contribution in [0.4, 0.5) is 0 Å². The van der Waals surface area contributed by atoms with Crippen LogP contribution in [0.15, 0.2) is 91.0 Å². The Bertz CT molecular complexity index is 1220. The van der Waals surface area contributed by atoms with Gasteiger partial charge < -0.3 is 28.2 Å². The zero-order chi connectivity index (χ0) is 28.4. The van der Waals surface area contributed by atoms with Crippen molar-refractivity contribution in [2.24, 2.45) is 0 Å². The van der Waals surface area contributed by atoms with Gasteiger partial charge in [-0.3, -0.25) is 4.79 Å². The second-order valence-corrected chi connectivity index (χ2v) is 15.3. The Morgan fingerprint density at radius 2 is 1.15 bits per heavy atom. The lowest BCUT2D eigenvalue weighted by Crippen LogP contribution is -2.61. The lowest BCUT2D eigenvalue weighted by Gasteiger charge is -2.46. The Balaban J connectivity index is 1.67. The largest absolute Gasteiger partial charge is 0.463 e. The van der Waals surface area contributed by atoms with Crippen molar-refractivity contribution in [2.45, 2.75) is 57.5 Å². The molecule has 1 aliphatic heterocycles. The molecule has 0 spiro atoms. The van der Waals surface area contributed by atoms with Gasteiger partial charge >= 0.3 is 5.97 Å². The van der Waals surface area contributed by atoms with E-state index in [-0.39, 0.29) is 6.61 Å². The molecule has 1 saturated heterocycles.